The third-order valence-electron chi connectivity index (χ3n) is 4.48. The Bertz CT molecular complexity index is 578. The molecule has 3 rings (SSSR count). The summed E-state index contributed by atoms with van der Waals surface area (Å²) in [6.45, 7) is 3.68. The van der Waals surface area contributed by atoms with Gasteiger partial charge in [-0.15, -0.1) is 0 Å². The highest BCUT2D eigenvalue weighted by atomic mass is 16.5. The number of hydrogen-bond acceptors (Lipinski definition) is 4. The fourth-order valence-corrected chi connectivity index (χ4v) is 2.79. The molecule has 2 atom stereocenters. The number of carbonyl (C=O) groups is 2. The number of rotatable bonds is 7. The van der Waals surface area contributed by atoms with Crippen LogP contribution in [-0.4, -0.2) is 37.6 Å². The first-order valence-corrected chi connectivity index (χ1v) is 8.65. The van der Waals surface area contributed by atoms with Crippen LogP contribution in [0.3, 0.4) is 0 Å². The van der Waals surface area contributed by atoms with Gasteiger partial charge >= 0.3 is 0 Å². The van der Waals surface area contributed by atoms with Gasteiger partial charge in [-0.1, -0.05) is 12.1 Å². The van der Waals surface area contributed by atoms with Gasteiger partial charge in [0.25, 0.3) is 5.91 Å². The van der Waals surface area contributed by atoms with Crippen LogP contribution in [0.4, 0.5) is 0 Å². The van der Waals surface area contributed by atoms with Crippen molar-refractivity contribution >= 4 is 11.8 Å². The second kappa shape index (κ2) is 7.66. The van der Waals surface area contributed by atoms with E-state index >= 15 is 0 Å². The molecule has 1 saturated carbocycles. The van der Waals surface area contributed by atoms with Crippen LogP contribution in [0, 0.1) is 5.92 Å². The van der Waals surface area contributed by atoms with E-state index in [0.717, 1.165) is 37.9 Å². The molecular weight excluding hydrogens is 306 g/mol. The van der Waals surface area contributed by atoms with Crippen LogP contribution in [0.25, 0.3) is 0 Å². The van der Waals surface area contributed by atoms with Crippen molar-refractivity contribution in [2.75, 3.05) is 19.7 Å². The first-order chi connectivity index (χ1) is 11.6. The maximum atomic E-state index is 12.1. The number of benzene rings is 1. The van der Waals surface area contributed by atoms with E-state index in [1.165, 1.54) is 0 Å². The van der Waals surface area contributed by atoms with Gasteiger partial charge in [-0.2, -0.15) is 0 Å². The van der Waals surface area contributed by atoms with Crippen molar-refractivity contribution in [1.29, 1.82) is 0 Å². The van der Waals surface area contributed by atoms with Gasteiger partial charge in [-0.25, -0.2) is 0 Å². The maximum absolute atomic E-state index is 12.1. The normalized spacial score (nSPS) is 21.1. The molecule has 2 amide bonds. The van der Waals surface area contributed by atoms with E-state index in [4.69, 9.17) is 4.74 Å². The van der Waals surface area contributed by atoms with Gasteiger partial charge in [-0.3, -0.25) is 9.59 Å². The van der Waals surface area contributed by atoms with E-state index in [0.29, 0.717) is 11.8 Å². The molecule has 2 aliphatic rings. The van der Waals surface area contributed by atoms with Crippen molar-refractivity contribution < 1.29 is 14.3 Å². The summed E-state index contributed by atoms with van der Waals surface area (Å²) in [5, 5.41) is 9.14. The quantitative estimate of drug-likeness (QED) is 0.700. The zero-order valence-corrected chi connectivity index (χ0v) is 14.0. The molecule has 1 aliphatic heterocycles. The molecule has 6 heteroatoms. The van der Waals surface area contributed by atoms with Gasteiger partial charge in [0.15, 0.2) is 6.61 Å². The molecule has 130 valence electrons. The van der Waals surface area contributed by atoms with Crippen molar-refractivity contribution in [3.05, 3.63) is 29.8 Å². The third kappa shape index (κ3) is 4.71. The third-order valence-corrected chi connectivity index (χ3v) is 4.48. The van der Waals surface area contributed by atoms with Crippen LogP contribution in [-0.2, 0) is 9.59 Å². The number of ether oxygens (including phenoxy) is 1. The molecule has 0 spiro atoms. The molecule has 1 heterocycles. The molecule has 1 aromatic carbocycles. The van der Waals surface area contributed by atoms with Crippen LogP contribution in [0.5, 0.6) is 5.75 Å². The lowest BCUT2D eigenvalue weighted by Gasteiger charge is -2.17. The topological polar surface area (TPSA) is 79.5 Å². The van der Waals surface area contributed by atoms with Gasteiger partial charge < -0.3 is 20.7 Å². The van der Waals surface area contributed by atoms with E-state index in [-0.39, 0.29) is 30.4 Å². The maximum Gasteiger partial charge on any atom is 0.258 e. The van der Waals surface area contributed by atoms with Gasteiger partial charge in [0, 0.05) is 12.6 Å². The highest BCUT2D eigenvalue weighted by Crippen LogP contribution is 2.20. The summed E-state index contributed by atoms with van der Waals surface area (Å²) in [4.78, 5) is 23.7. The predicted molar refractivity (Wildman–Crippen MR) is 90.6 cm³/mol. The van der Waals surface area contributed by atoms with E-state index in [9.17, 15) is 9.59 Å². The molecule has 3 N–H and O–H groups in total. The Balaban J connectivity index is 1.45. The van der Waals surface area contributed by atoms with Gasteiger partial charge in [0.2, 0.25) is 5.91 Å². The van der Waals surface area contributed by atoms with Crippen LogP contribution in [0.1, 0.15) is 37.8 Å². The van der Waals surface area contributed by atoms with Crippen molar-refractivity contribution in [1.82, 2.24) is 16.0 Å². The van der Waals surface area contributed by atoms with Crippen molar-refractivity contribution in [3.63, 3.8) is 0 Å². The highest BCUT2D eigenvalue weighted by Gasteiger charge is 2.24. The summed E-state index contributed by atoms with van der Waals surface area (Å²) in [6.07, 6.45) is 3.04. The molecule has 2 fully saturated rings. The zero-order valence-electron chi connectivity index (χ0n) is 14.0. The lowest BCUT2D eigenvalue weighted by Crippen LogP contribution is -2.33. The number of hydrogen-bond donors (Lipinski definition) is 3. The largest absolute Gasteiger partial charge is 0.484 e. The Morgan fingerprint density at radius 3 is 2.62 bits per heavy atom. The van der Waals surface area contributed by atoms with Crippen LogP contribution in [0.15, 0.2) is 24.3 Å². The van der Waals surface area contributed by atoms with E-state index in [1.54, 1.807) is 0 Å². The first-order valence-electron chi connectivity index (χ1n) is 8.65. The molecule has 2 unspecified atom stereocenters. The van der Waals surface area contributed by atoms with Crippen molar-refractivity contribution in [2.45, 2.75) is 38.3 Å². The van der Waals surface area contributed by atoms with Gasteiger partial charge in [0.1, 0.15) is 5.75 Å². The second-order valence-corrected chi connectivity index (χ2v) is 6.62. The lowest BCUT2D eigenvalue weighted by molar-refractivity contribution is -0.125. The Kier molecular flexibility index (Phi) is 5.35. The number of nitrogens with one attached hydrogen (secondary N) is 3. The van der Waals surface area contributed by atoms with E-state index in [2.05, 4.69) is 16.0 Å². The average molecular weight is 331 g/mol. The fourth-order valence-electron chi connectivity index (χ4n) is 2.79. The Morgan fingerprint density at radius 1 is 1.25 bits per heavy atom. The molecular formula is C18H25N3O3. The molecule has 1 aliphatic carbocycles. The van der Waals surface area contributed by atoms with Crippen LogP contribution < -0.4 is 20.7 Å². The Morgan fingerprint density at radius 2 is 2.00 bits per heavy atom. The summed E-state index contributed by atoms with van der Waals surface area (Å²) in [7, 11) is 0. The summed E-state index contributed by atoms with van der Waals surface area (Å²) in [5.74, 6) is 0.750. The molecule has 1 saturated heterocycles. The fraction of sp³-hybridized carbons (Fsp3) is 0.556. The van der Waals surface area contributed by atoms with Crippen molar-refractivity contribution in [2.24, 2.45) is 5.92 Å². The number of amides is 2. The second-order valence-electron chi connectivity index (χ2n) is 6.62. The average Bonchev–Trinajstić information content (AvgIpc) is 3.22. The SMILES string of the molecule is CC(NC(=O)C1CCNC1)c1ccc(OCC(=O)NC2CC2)cc1. The zero-order chi connectivity index (χ0) is 16.9. The standard InChI is InChI=1S/C18H25N3O3/c1-12(20-18(23)14-8-9-19-10-14)13-2-6-16(7-3-13)24-11-17(22)21-15-4-5-15/h2-3,6-7,12,14-15,19H,4-5,8-11H2,1H3,(H,20,23)(H,21,22). The minimum atomic E-state index is -0.0765. The van der Waals surface area contributed by atoms with Gasteiger partial charge in [0.05, 0.1) is 12.0 Å². The summed E-state index contributed by atoms with van der Waals surface area (Å²) in [5.41, 5.74) is 1.02. The molecule has 24 heavy (non-hydrogen) atoms. The molecule has 0 bridgehead atoms. The smallest absolute Gasteiger partial charge is 0.258 e. The first kappa shape index (κ1) is 16.8. The summed E-state index contributed by atoms with van der Waals surface area (Å²) >= 11 is 0. The molecule has 0 radical (unpaired) electrons. The van der Waals surface area contributed by atoms with E-state index in [1.807, 2.05) is 31.2 Å². The summed E-state index contributed by atoms with van der Waals surface area (Å²) < 4.78 is 5.49. The van der Waals surface area contributed by atoms with Crippen LogP contribution in [0.2, 0.25) is 0 Å². The van der Waals surface area contributed by atoms with Gasteiger partial charge in [-0.05, 0) is 50.4 Å². The molecule has 6 nitrogen and oxygen atoms in total. The lowest BCUT2D eigenvalue weighted by atomic mass is 10.1. The monoisotopic (exact) mass is 331 g/mol. The molecule has 0 aromatic heterocycles. The van der Waals surface area contributed by atoms with Crippen molar-refractivity contribution in [3.8, 4) is 5.75 Å². The number of carbonyl (C=O) groups excluding carboxylic acids is 2. The minimum Gasteiger partial charge on any atom is -0.484 e. The molecule has 1 aromatic rings. The Labute approximate surface area is 142 Å². The minimum absolute atomic E-state index is 0.0385. The Hall–Kier alpha value is -2.08. The van der Waals surface area contributed by atoms with Crippen LogP contribution >= 0.6 is 0 Å². The van der Waals surface area contributed by atoms with E-state index < -0.39 is 0 Å². The summed E-state index contributed by atoms with van der Waals surface area (Å²) in [6, 6.07) is 7.81. The predicted octanol–water partition coefficient (Wildman–Crippen LogP) is 1.13. The highest BCUT2D eigenvalue weighted by molar-refractivity contribution is 5.79.